The van der Waals surface area contributed by atoms with Crippen LogP contribution in [-0.4, -0.2) is 35.0 Å². The molecule has 5 heteroatoms. The molecule has 0 radical (unpaired) electrons. The van der Waals surface area contributed by atoms with Crippen LogP contribution in [0.1, 0.15) is 18.9 Å². The van der Waals surface area contributed by atoms with Gasteiger partial charge in [-0.2, -0.15) is 0 Å². The number of aromatic nitrogens is 2. The van der Waals surface area contributed by atoms with Crippen LogP contribution in [-0.2, 0) is 4.74 Å². The van der Waals surface area contributed by atoms with E-state index >= 15 is 0 Å². The molecule has 2 unspecified atom stereocenters. The van der Waals surface area contributed by atoms with Crippen molar-refractivity contribution in [2.75, 3.05) is 19.0 Å². The summed E-state index contributed by atoms with van der Waals surface area (Å²) in [5.74, 6) is 0.907. The Bertz CT molecular complexity index is 372. The van der Waals surface area contributed by atoms with Crippen molar-refractivity contribution in [3.63, 3.8) is 0 Å². The normalized spacial score (nSPS) is 24.7. The highest BCUT2D eigenvalue weighted by atomic mass is 32.2. The number of hydrogen-bond donors (Lipinski definition) is 1. The Balaban J connectivity index is 2.14. The minimum atomic E-state index is 0.317. The van der Waals surface area contributed by atoms with E-state index in [1.165, 1.54) is 0 Å². The molecule has 0 saturated carbocycles. The first-order valence-electron chi connectivity index (χ1n) is 5.50. The van der Waals surface area contributed by atoms with Gasteiger partial charge in [0.05, 0.1) is 6.10 Å². The highest BCUT2D eigenvalue weighted by Gasteiger charge is 2.26. The summed E-state index contributed by atoms with van der Waals surface area (Å²) in [6, 6.07) is 0. The second kappa shape index (κ2) is 5.01. The van der Waals surface area contributed by atoms with E-state index in [4.69, 9.17) is 4.74 Å². The van der Waals surface area contributed by atoms with Crippen molar-refractivity contribution >= 4 is 17.6 Å². The lowest BCUT2D eigenvalue weighted by atomic mass is 10.3. The van der Waals surface area contributed by atoms with Gasteiger partial charge in [-0.05, 0) is 20.3 Å². The molecule has 0 aliphatic carbocycles. The lowest BCUT2D eigenvalue weighted by molar-refractivity contribution is 0.127. The van der Waals surface area contributed by atoms with Gasteiger partial charge in [-0.1, -0.05) is 11.8 Å². The molecule has 2 atom stereocenters. The first kappa shape index (κ1) is 11.7. The summed E-state index contributed by atoms with van der Waals surface area (Å²) in [5.41, 5.74) is 1.12. The molecule has 1 fully saturated rings. The van der Waals surface area contributed by atoms with Gasteiger partial charge in [0, 0.05) is 24.5 Å². The third-order valence-corrected chi connectivity index (χ3v) is 4.40. The van der Waals surface area contributed by atoms with Crippen LogP contribution in [0.4, 0.5) is 5.82 Å². The summed E-state index contributed by atoms with van der Waals surface area (Å²) in [5, 5.41) is 4.65. The van der Waals surface area contributed by atoms with Gasteiger partial charge in [-0.25, -0.2) is 9.97 Å². The zero-order valence-electron chi connectivity index (χ0n) is 9.86. The summed E-state index contributed by atoms with van der Waals surface area (Å²) in [6.45, 7) is 5.04. The highest BCUT2D eigenvalue weighted by molar-refractivity contribution is 8.00. The van der Waals surface area contributed by atoms with Gasteiger partial charge >= 0.3 is 0 Å². The van der Waals surface area contributed by atoms with Gasteiger partial charge in [0.15, 0.2) is 0 Å². The van der Waals surface area contributed by atoms with E-state index in [9.17, 15) is 0 Å². The van der Waals surface area contributed by atoms with Crippen LogP contribution >= 0.6 is 11.8 Å². The van der Waals surface area contributed by atoms with Gasteiger partial charge in [0.25, 0.3) is 0 Å². The number of thioether (sulfide) groups is 1. The van der Waals surface area contributed by atoms with E-state index in [0.29, 0.717) is 11.4 Å². The van der Waals surface area contributed by atoms with E-state index in [-0.39, 0.29) is 0 Å². The van der Waals surface area contributed by atoms with E-state index < -0.39 is 0 Å². The minimum Gasteiger partial charge on any atom is -0.377 e. The number of hydrogen-bond acceptors (Lipinski definition) is 5. The quantitative estimate of drug-likeness (QED) is 0.818. The standard InChI is InChI=1S/C11H17N3OS/c1-7-10(12-3)13-6-14-11(7)16-9-4-5-15-8(9)2/h6,8-9H,4-5H2,1-3H3,(H,12,13,14). The van der Waals surface area contributed by atoms with E-state index in [0.717, 1.165) is 29.4 Å². The average Bonchev–Trinajstić information content (AvgIpc) is 2.68. The van der Waals surface area contributed by atoms with E-state index in [1.807, 2.05) is 7.05 Å². The van der Waals surface area contributed by atoms with Crippen LogP contribution in [0.5, 0.6) is 0 Å². The molecular weight excluding hydrogens is 222 g/mol. The first-order valence-corrected chi connectivity index (χ1v) is 6.38. The van der Waals surface area contributed by atoms with Crippen LogP contribution < -0.4 is 5.32 Å². The van der Waals surface area contributed by atoms with Crippen molar-refractivity contribution in [1.29, 1.82) is 0 Å². The molecule has 1 N–H and O–H groups in total. The SMILES string of the molecule is CNc1ncnc(SC2CCOC2C)c1C. The van der Waals surface area contributed by atoms with Crippen molar-refractivity contribution in [2.45, 2.75) is 36.6 Å². The third kappa shape index (κ3) is 2.30. The Hall–Kier alpha value is -0.810. The van der Waals surface area contributed by atoms with Gasteiger partial charge in [0.1, 0.15) is 17.2 Å². The summed E-state index contributed by atoms with van der Waals surface area (Å²) in [4.78, 5) is 8.53. The molecule has 1 aliphatic heterocycles. The van der Waals surface area contributed by atoms with Gasteiger partial charge in [-0.3, -0.25) is 0 Å². The Morgan fingerprint density at radius 2 is 2.31 bits per heavy atom. The third-order valence-electron chi connectivity index (χ3n) is 2.84. The Morgan fingerprint density at radius 1 is 1.50 bits per heavy atom. The summed E-state index contributed by atoms with van der Waals surface area (Å²) >= 11 is 1.80. The molecule has 1 aliphatic rings. The molecule has 4 nitrogen and oxygen atoms in total. The predicted molar refractivity (Wildman–Crippen MR) is 66.0 cm³/mol. The van der Waals surface area contributed by atoms with Crippen molar-refractivity contribution in [3.05, 3.63) is 11.9 Å². The van der Waals surface area contributed by atoms with E-state index in [2.05, 4.69) is 29.1 Å². The fourth-order valence-electron chi connectivity index (χ4n) is 1.82. The van der Waals surface area contributed by atoms with Crippen LogP contribution in [0, 0.1) is 6.92 Å². The molecular formula is C11H17N3OS. The Labute approximate surface area is 100 Å². The lowest BCUT2D eigenvalue weighted by Crippen LogP contribution is -2.14. The fourth-order valence-corrected chi connectivity index (χ4v) is 2.97. The Kier molecular flexibility index (Phi) is 3.66. The molecule has 1 saturated heterocycles. The minimum absolute atomic E-state index is 0.317. The van der Waals surface area contributed by atoms with Crippen LogP contribution in [0.3, 0.4) is 0 Å². The maximum atomic E-state index is 5.55. The van der Waals surface area contributed by atoms with Gasteiger partial charge in [-0.15, -0.1) is 0 Å². The number of ether oxygens (including phenoxy) is 1. The second-order valence-corrected chi connectivity index (χ2v) is 5.15. The predicted octanol–water partition coefficient (Wildman–Crippen LogP) is 2.10. The largest absolute Gasteiger partial charge is 0.377 e. The molecule has 0 bridgehead atoms. The molecule has 0 amide bonds. The average molecular weight is 239 g/mol. The fraction of sp³-hybridized carbons (Fsp3) is 0.636. The van der Waals surface area contributed by atoms with Crippen molar-refractivity contribution in [2.24, 2.45) is 0 Å². The van der Waals surface area contributed by atoms with E-state index in [1.54, 1.807) is 18.1 Å². The zero-order chi connectivity index (χ0) is 11.5. The molecule has 88 valence electrons. The molecule has 0 aromatic carbocycles. The van der Waals surface area contributed by atoms with Crippen LogP contribution in [0.15, 0.2) is 11.4 Å². The number of anilines is 1. The zero-order valence-corrected chi connectivity index (χ0v) is 10.7. The lowest BCUT2D eigenvalue weighted by Gasteiger charge is -2.15. The molecule has 1 aromatic heterocycles. The van der Waals surface area contributed by atoms with Crippen LogP contribution in [0.2, 0.25) is 0 Å². The first-order chi connectivity index (χ1) is 7.72. The molecule has 16 heavy (non-hydrogen) atoms. The van der Waals surface area contributed by atoms with Crippen molar-refractivity contribution in [1.82, 2.24) is 9.97 Å². The van der Waals surface area contributed by atoms with Crippen molar-refractivity contribution < 1.29 is 4.74 Å². The van der Waals surface area contributed by atoms with Gasteiger partial charge in [0.2, 0.25) is 0 Å². The number of nitrogens with one attached hydrogen (secondary N) is 1. The number of rotatable bonds is 3. The maximum Gasteiger partial charge on any atom is 0.133 e. The highest BCUT2D eigenvalue weighted by Crippen LogP contribution is 2.34. The second-order valence-electron chi connectivity index (χ2n) is 3.92. The molecule has 0 spiro atoms. The maximum absolute atomic E-state index is 5.55. The smallest absolute Gasteiger partial charge is 0.133 e. The molecule has 2 rings (SSSR count). The van der Waals surface area contributed by atoms with Crippen LogP contribution in [0.25, 0.3) is 0 Å². The Morgan fingerprint density at radius 3 is 2.94 bits per heavy atom. The monoisotopic (exact) mass is 239 g/mol. The molecule has 1 aromatic rings. The topological polar surface area (TPSA) is 47.0 Å². The van der Waals surface area contributed by atoms with Crippen molar-refractivity contribution in [3.8, 4) is 0 Å². The molecule has 2 heterocycles. The number of nitrogens with zero attached hydrogens (tertiary/aromatic N) is 2. The van der Waals surface area contributed by atoms with Gasteiger partial charge < -0.3 is 10.1 Å². The summed E-state index contributed by atoms with van der Waals surface area (Å²) < 4.78 is 5.55. The summed E-state index contributed by atoms with van der Waals surface area (Å²) in [6.07, 6.45) is 3.03. The summed E-state index contributed by atoms with van der Waals surface area (Å²) in [7, 11) is 1.88.